The lowest BCUT2D eigenvalue weighted by atomic mass is 10.2. The molecule has 1 heterocycles. The van der Waals surface area contributed by atoms with E-state index in [1.807, 2.05) is 12.3 Å². The van der Waals surface area contributed by atoms with Gasteiger partial charge in [-0.25, -0.2) is 4.79 Å². The largest absolute Gasteiger partial charge is 0.326 e. The van der Waals surface area contributed by atoms with Crippen LogP contribution >= 0.6 is 34.5 Å². The number of aryl methyl sites for hydroxylation is 1. The number of carbonyl (C=O) groups excluding carboxylic acids is 2. The fourth-order valence-corrected chi connectivity index (χ4v) is 2.88. The molecule has 0 atom stereocenters. The first-order valence-electron chi connectivity index (χ1n) is 5.59. The summed E-state index contributed by atoms with van der Waals surface area (Å²) in [5.41, 5.74) is 1.11. The van der Waals surface area contributed by atoms with Crippen molar-refractivity contribution in [1.82, 2.24) is 5.32 Å². The Kier molecular flexibility index (Phi) is 4.65. The van der Waals surface area contributed by atoms with E-state index >= 15 is 0 Å². The van der Waals surface area contributed by atoms with Gasteiger partial charge >= 0.3 is 6.03 Å². The van der Waals surface area contributed by atoms with Crippen LogP contribution in [0.25, 0.3) is 0 Å². The number of halogens is 2. The summed E-state index contributed by atoms with van der Waals surface area (Å²) in [4.78, 5) is 23.7. The second-order valence-electron chi connectivity index (χ2n) is 3.99. The predicted molar refractivity (Wildman–Crippen MR) is 82.0 cm³/mol. The summed E-state index contributed by atoms with van der Waals surface area (Å²) < 4.78 is 0. The normalized spacial score (nSPS) is 10.2. The number of nitrogens with one attached hydrogen (secondary N) is 2. The van der Waals surface area contributed by atoms with Crippen LogP contribution in [0.15, 0.2) is 29.6 Å². The van der Waals surface area contributed by atoms with E-state index in [0.717, 1.165) is 5.56 Å². The van der Waals surface area contributed by atoms with Crippen LogP contribution in [0.2, 0.25) is 10.0 Å². The van der Waals surface area contributed by atoms with Gasteiger partial charge < -0.3 is 0 Å². The van der Waals surface area contributed by atoms with Crippen molar-refractivity contribution in [3.05, 3.63) is 50.8 Å². The van der Waals surface area contributed by atoms with E-state index in [1.54, 1.807) is 12.1 Å². The molecule has 20 heavy (non-hydrogen) atoms. The third kappa shape index (κ3) is 3.50. The summed E-state index contributed by atoms with van der Waals surface area (Å²) in [6.07, 6.45) is 0. The molecule has 0 unspecified atom stereocenters. The summed E-state index contributed by atoms with van der Waals surface area (Å²) in [5, 5.41) is 7.67. The lowest BCUT2D eigenvalue weighted by Crippen LogP contribution is -2.34. The number of urea groups is 1. The molecule has 0 saturated carbocycles. The zero-order valence-electron chi connectivity index (χ0n) is 10.4. The Morgan fingerprint density at radius 3 is 2.40 bits per heavy atom. The highest BCUT2D eigenvalue weighted by Gasteiger charge is 2.17. The Balaban J connectivity index is 2.06. The number of amides is 3. The van der Waals surface area contributed by atoms with Crippen LogP contribution in [0.3, 0.4) is 0 Å². The molecule has 0 radical (unpaired) electrons. The molecule has 4 nitrogen and oxygen atoms in total. The van der Waals surface area contributed by atoms with Crippen LogP contribution in [-0.2, 0) is 0 Å². The lowest BCUT2D eigenvalue weighted by Gasteiger charge is -2.07. The van der Waals surface area contributed by atoms with E-state index in [9.17, 15) is 9.59 Å². The topological polar surface area (TPSA) is 58.2 Å². The lowest BCUT2D eigenvalue weighted by molar-refractivity contribution is 0.0967. The Bertz CT molecular complexity index is 650. The van der Waals surface area contributed by atoms with Gasteiger partial charge in [-0.2, -0.15) is 0 Å². The van der Waals surface area contributed by atoms with Gasteiger partial charge in [0.2, 0.25) is 0 Å². The maximum Gasteiger partial charge on any atom is 0.326 e. The highest BCUT2D eigenvalue weighted by molar-refractivity contribution is 7.14. The molecule has 0 aliphatic rings. The molecule has 0 bridgehead atoms. The standard InChI is InChI=1S/C13H10Cl2N2O2S/c1-7-5-10(20-6-7)16-13(19)17-12(18)11-8(14)3-2-4-9(11)15/h2-6H,1H3,(H2,16,17,18,19). The van der Waals surface area contributed by atoms with Gasteiger partial charge in [0.1, 0.15) is 0 Å². The van der Waals surface area contributed by atoms with Gasteiger partial charge in [-0.1, -0.05) is 29.3 Å². The number of carbonyl (C=O) groups is 2. The average Bonchev–Trinajstić information content (AvgIpc) is 2.74. The van der Waals surface area contributed by atoms with E-state index in [1.165, 1.54) is 23.5 Å². The number of anilines is 1. The highest BCUT2D eigenvalue weighted by Crippen LogP contribution is 2.24. The molecule has 7 heteroatoms. The molecule has 0 spiro atoms. The summed E-state index contributed by atoms with van der Waals surface area (Å²) >= 11 is 13.2. The fraction of sp³-hybridized carbons (Fsp3) is 0.0769. The van der Waals surface area contributed by atoms with Crippen molar-refractivity contribution in [2.45, 2.75) is 6.92 Å². The van der Waals surface area contributed by atoms with Crippen molar-refractivity contribution < 1.29 is 9.59 Å². The van der Waals surface area contributed by atoms with E-state index in [-0.39, 0.29) is 15.6 Å². The molecular weight excluding hydrogens is 319 g/mol. The van der Waals surface area contributed by atoms with Crippen LogP contribution in [0.5, 0.6) is 0 Å². The van der Waals surface area contributed by atoms with Gasteiger partial charge in [-0.3, -0.25) is 15.4 Å². The molecule has 1 aromatic heterocycles. The Labute approximate surface area is 129 Å². The number of imide groups is 1. The highest BCUT2D eigenvalue weighted by atomic mass is 35.5. The minimum Gasteiger partial charge on any atom is -0.299 e. The van der Waals surface area contributed by atoms with Crippen molar-refractivity contribution in [2.75, 3.05) is 5.32 Å². The minimum atomic E-state index is -0.647. The minimum absolute atomic E-state index is 0.0772. The van der Waals surface area contributed by atoms with Crippen molar-refractivity contribution >= 4 is 51.5 Å². The van der Waals surface area contributed by atoms with Crippen LogP contribution in [-0.4, -0.2) is 11.9 Å². The summed E-state index contributed by atoms with van der Waals surface area (Å²) in [6.45, 7) is 1.91. The molecule has 1 aromatic carbocycles. The maximum absolute atomic E-state index is 12.0. The van der Waals surface area contributed by atoms with Crippen molar-refractivity contribution in [3.8, 4) is 0 Å². The van der Waals surface area contributed by atoms with Crippen molar-refractivity contribution in [3.63, 3.8) is 0 Å². The van der Waals surface area contributed by atoms with E-state index < -0.39 is 11.9 Å². The van der Waals surface area contributed by atoms with Crippen molar-refractivity contribution in [2.24, 2.45) is 0 Å². The van der Waals surface area contributed by atoms with E-state index in [4.69, 9.17) is 23.2 Å². The first-order valence-corrected chi connectivity index (χ1v) is 7.22. The molecule has 2 aromatic rings. The second kappa shape index (κ2) is 6.26. The molecule has 0 aliphatic carbocycles. The summed E-state index contributed by atoms with van der Waals surface area (Å²) in [7, 11) is 0. The summed E-state index contributed by atoms with van der Waals surface area (Å²) in [6, 6.07) is 5.85. The maximum atomic E-state index is 12.0. The van der Waals surface area contributed by atoms with Gasteiger partial charge in [-0.05, 0) is 36.1 Å². The fourth-order valence-electron chi connectivity index (χ4n) is 1.52. The molecule has 2 rings (SSSR count). The van der Waals surface area contributed by atoms with E-state index in [0.29, 0.717) is 5.00 Å². The second-order valence-corrected chi connectivity index (χ2v) is 5.72. The first-order chi connectivity index (χ1) is 9.47. The van der Waals surface area contributed by atoms with Crippen LogP contribution in [0.1, 0.15) is 15.9 Å². The molecule has 104 valence electrons. The SMILES string of the molecule is Cc1csc(NC(=O)NC(=O)c2c(Cl)cccc2Cl)c1. The number of hydrogen-bond acceptors (Lipinski definition) is 3. The third-order valence-electron chi connectivity index (χ3n) is 2.38. The smallest absolute Gasteiger partial charge is 0.299 e. The van der Waals surface area contributed by atoms with Crippen LogP contribution < -0.4 is 10.6 Å². The Morgan fingerprint density at radius 2 is 1.85 bits per heavy atom. The van der Waals surface area contributed by atoms with Crippen LogP contribution in [0.4, 0.5) is 9.80 Å². The number of thiophene rings is 1. The number of rotatable bonds is 2. The van der Waals surface area contributed by atoms with Gasteiger partial charge in [0.15, 0.2) is 0 Å². The molecule has 0 fully saturated rings. The number of benzene rings is 1. The van der Waals surface area contributed by atoms with Gasteiger partial charge in [0.25, 0.3) is 5.91 Å². The molecule has 0 saturated heterocycles. The first kappa shape index (κ1) is 14.8. The number of hydrogen-bond donors (Lipinski definition) is 2. The zero-order valence-corrected chi connectivity index (χ0v) is 12.7. The van der Waals surface area contributed by atoms with E-state index in [2.05, 4.69) is 10.6 Å². The average molecular weight is 329 g/mol. The van der Waals surface area contributed by atoms with Gasteiger partial charge in [0.05, 0.1) is 20.6 Å². The van der Waals surface area contributed by atoms with Gasteiger partial charge in [-0.15, -0.1) is 11.3 Å². The zero-order chi connectivity index (χ0) is 14.7. The predicted octanol–water partition coefficient (Wildman–Crippen LogP) is 4.33. The summed E-state index contributed by atoms with van der Waals surface area (Å²) in [5.74, 6) is -0.647. The third-order valence-corrected chi connectivity index (χ3v) is 3.98. The Morgan fingerprint density at radius 1 is 1.20 bits per heavy atom. The molecule has 3 amide bonds. The quantitative estimate of drug-likeness (QED) is 0.862. The monoisotopic (exact) mass is 328 g/mol. The van der Waals surface area contributed by atoms with Crippen molar-refractivity contribution in [1.29, 1.82) is 0 Å². The molecule has 2 N–H and O–H groups in total. The molecular formula is C13H10Cl2N2O2S. The molecule has 0 aliphatic heterocycles. The van der Waals surface area contributed by atoms with Crippen LogP contribution in [0, 0.1) is 6.92 Å². The van der Waals surface area contributed by atoms with Gasteiger partial charge in [0, 0.05) is 0 Å². The Hall–Kier alpha value is -1.56.